The number of nitrogens with one attached hydrogen (secondary N) is 1. The molecule has 0 aliphatic heterocycles. The molecule has 0 spiro atoms. The summed E-state index contributed by atoms with van der Waals surface area (Å²) in [4.78, 5) is 3.40. The van der Waals surface area contributed by atoms with Crippen LogP contribution in [0.4, 0.5) is 0 Å². The van der Waals surface area contributed by atoms with Crippen LogP contribution in [0.5, 0.6) is 0 Å². The number of hydrogen-bond acceptors (Lipinski definition) is 0. The van der Waals surface area contributed by atoms with E-state index < -0.39 is 0 Å². The van der Waals surface area contributed by atoms with Crippen LogP contribution < -0.4 is 0 Å². The SMILES string of the molecule is C1=CC2CCC1CC2Cc1c[nH]c2ccccc12. The van der Waals surface area contributed by atoms with Gasteiger partial charge in [0.1, 0.15) is 0 Å². The smallest absolute Gasteiger partial charge is 0.0456 e. The van der Waals surface area contributed by atoms with Crippen molar-refractivity contribution in [3.05, 3.63) is 48.2 Å². The van der Waals surface area contributed by atoms with E-state index in [1.54, 1.807) is 0 Å². The van der Waals surface area contributed by atoms with Gasteiger partial charge in [-0.3, -0.25) is 0 Å². The summed E-state index contributed by atoms with van der Waals surface area (Å²) in [5.74, 6) is 2.57. The van der Waals surface area contributed by atoms with Crippen molar-refractivity contribution in [1.29, 1.82) is 0 Å². The first-order valence-corrected chi connectivity index (χ1v) is 7.13. The average Bonchev–Trinajstić information content (AvgIpc) is 2.84. The van der Waals surface area contributed by atoms with Crippen molar-refractivity contribution >= 4 is 10.9 Å². The molecule has 0 saturated heterocycles. The van der Waals surface area contributed by atoms with E-state index >= 15 is 0 Å². The fourth-order valence-corrected chi connectivity index (χ4v) is 3.87. The average molecular weight is 237 g/mol. The van der Waals surface area contributed by atoms with Crippen molar-refractivity contribution < 1.29 is 0 Å². The molecule has 0 radical (unpaired) electrons. The van der Waals surface area contributed by atoms with Gasteiger partial charge in [0.15, 0.2) is 0 Å². The van der Waals surface area contributed by atoms with Crippen molar-refractivity contribution in [2.24, 2.45) is 17.8 Å². The summed E-state index contributed by atoms with van der Waals surface area (Å²) in [7, 11) is 0. The van der Waals surface area contributed by atoms with E-state index in [0.717, 1.165) is 17.8 Å². The Labute approximate surface area is 108 Å². The molecule has 1 aromatic carbocycles. The molecule has 3 aliphatic carbocycles. The highest BCUT2D eigenvalue weighted by Crippen LogP contribution is 2.42. The third kappa shape index (κ3) is 1.61. The van der Waals surface area contributed by atoms with E-state index in [0.29, 0.717) is 0 Å². The van der Waals surface area contributed by atoms with Gasteiger partial charge in [0.05, 0.1) is 0 Å². The summed E-state index contributed by atoms with van der Waals surface area (Å²) in [6.45, 7) is 0. The molecule has 5 rings (SSSR count). The quantitative estimate of drug-likeness (QED) is 0.749. The Morgan fingerprint density at radius 3 is 2.83 bits per heavy atom. The fraction of sp³-hybridized carbons (Fsp3) is 0.412. The topological polar surface area (TPSA) is 15.8 Å². The van der Waals surface area contributed by atoms with Gasteiger partial charge < -0.3 is 4.98 Å². The van der Waals surface area contributed by atoms with E-state index in [4.69, 9.17) is 0 Å². The molecule has 92 valence electrons. The Bertz CT molecular complexity index is 592. The van der Waals surface area contributed by atoms with Gasteiger partial charge in [-0.1, -0.05) is 30.4 Å². The number of hydrogen-bond donors (Lipinski definition) is 1. The molecule has 1 heterocycles. The van der Waals surface area contributed by atoms with Crippen molar-refractivity contribution in [2.75, 3.05) is 0 Å². The third-order valence-corrected chi connectivity index (χ3v) is 4.87. The summed E-state index contributed by atoms with van der Waals surface area (Å²) < 4.78 is 0. The Hall–Kier alpha value is -1.50. The first-order chi connectivity index (χ1) is 8.90. The minimum Gasteiger partial charge on any atom is -0.361 e. The normalized spacial score (nSPS) is 30.1. The highest BCUT2D eigenvalue weighted by Gasteiger charge is 2.31. The molecule has 1 saturated carbocycles. The van der Waals surface area contributed by atoms with Crippen LogP contribution in [0.25, 0.3) is 10.9 Å². The molecule has 3 atom stereocenters. The van der Waals surface area contributed by atoms with Crippen LogP contribution in [-0.2, 0) is 6.42 Å². The lowest BCUT2D eigenvalue weighted by Gasteiger charge is -2.38. The molecule has 1 nitrogen and oxygen atoms in total. The maximum Gasteiger partial charge on any atom is 0.0456 e. The van der Waals surface area contributed by atoms with Crippen molar-refractivity contribution in [3.63, 3.8) is 0 Å². The number of fused-ring (bicyclic) bond motifs is 3. The van der Waals surface area contributed by atoms with Gasteiger partial charge in [0, 0.05) is 17.1 Å². The molecule has 1 heteroatoms. The van der Waals surface area contributed by atoms with Crippen LogP contribution in [0.15, 0.2) is 42.6 Å². The van der Waals surface area contributed by atoms with Gasteiger partial charge >= 0.3 is 0 Å². The van der Waals surface area contributed by atoms with Gasteiger partial charge in [0.25, 0.3) is 0 Å². The largest absolute Gasteiger partial charge is 0.361 e. The van der Waals surface area contributed by atoms with Gasteiger partial charge in [-0.05, 0) is 55.1 Å². The van der Waals surface area contributed by atoms with E-state index in [-0.39, 0.29) is 0 Å². The summed E-state index contributed by atoms with van der Waals surface area (Å²) in [5.41, 5.74) is 2.79. The first kappa shape index (κ1) is 10.4. The lowest BCUT2D eigenvalue weighted by Crippen LogP contribution is -2.28. The molecule has 3 aliphatic rings. The summed E-state index contributed by atoms with van der Waals surface area (Å²) in [5, 5.41) is 1.42. The van der Waals surface area contributed by atoms with E-state index in [1.165, 1.54) is 42.1 Å². The number of allylic oxidation sites excluding steroid dienone is 2. The van der Waals surface area contributed by atoms with Crippen LogP contribution in [0.2, 0.25) is 0 Å². The molecule has 1 aromatic heterocycles. The number of aromatic amines is 1. The Balaban J connectivity index is 1.63. The number of aromatic nitrogens is 1. The first-order valence-electron chi connectivity index (χ1n) is 7.13. The van der Waals surface area contributed by atoms with Gasteiger partial charge in [-0.2, -0.15) is 0 Å². The molecular weight excluding hydrogens is 218 g/mol. The summed E-state index contributed by atoms with van der Waals surface area (Å²) in [6, 6.07) is 8.67. The lowest BCUT2D eigenvalue weighted by atomic mass is 9.67. The highest BCUT2D eigenvalue weighted by atomic mass is 14.7. The summed E-state index contributed by atoms with van der Waals surface area (Å²) in [6.07, 6.45) is 12.6. The third-order valence-electron chi connectivity index (χ3n) is 4.87. The van der Waals surface area contributed by atoms with Gasteiger partial charge in [0.2, 0.25) is 0 Å². The van der Waals surface area contributed by atoms with Crippen molar-refractivity contribution in [1.82, 2.24) is 4.98 Å². The second-order valence-electron chi connectivity index (χ2n) is 5.95. The Kier molecular flexibility index (Phi) is 2.32. The van der Waals surface area contributed by atoms with Crippen LogP contribution in [0.1, 0.15) is 24.8 Å². The van der Waals surface area contributed by atoms with Gasteiger partial charge in [-0.25, -0.2) is 0 Å². The standard InChI is InChI=1S/C17H19N/c1-2-4-17-16(3-1)15(11-18-17)10-14-9-12-5-7-13(14)8-6-12/h1-5,7,11-14,18H,6,8-10H2. The predicted octanol–water partition coefficient (Wildman–Crippen LogP) is 4.31. The molecule has 18 heavy (non-hydrogen) atoms. The maximum absolute atomic E-state index is 3.40. The fourth-order valence-electron chi connectivity index (χ4n) is 3.87. The van der Waals surface area contributed by atoms with Crippen molar-refractivity contribution in [2.45, 2.75) is 25.7 Å². The molecule has 1 fully saturated rings. The maximum atomic E-state index is 3.40. The lowest BCUT2D eigenvalue weighted by molar-refractivity contribution is 0.220. The second kappa shape index (κ2) is 4.01. The Morgan fingerprint density at radius 2 is 2.06 bits per heavy atom. The van der Waals surface area contributed by atoms with Gasteiger partial charge in [-0.15, -0.1) is 0 Å². The number of para-hydroxylation sites is 1. The summed E-state index contributed by atoms with van der Waals surface area (Å²) >= 11 is 0. The van der Waals surface area contributed by atoms with Crippen LogP contribution in [-0.4, -0.2) is 4.98 Å². The molecule has 3 unspecified atom stereocenters. The minimum atomic E-state index is 0.837. The zero-order valence-electron chi connectivity index (χ0n) is 10.6. The van der Waals surface area contributed by atoms with E-state index in [9.17, 15) is 0 Å². The zero-order valence-corrected chi connectivity index (χ0v) is 10.6. The molecule has 2 bridgehead atoms. The van der Waals surface area contributed by atoms with Crippen LogP contribution in [0.3, 0.4) is 0 Å². The predicted molar refractivity (Wildman–Crippen MR) is 75.5 cm³/mol. The molecule has 1 N–H and O–H groups in total. The van der Waals surface area contributed by atoms with E-state index in [1.807, 2.05) is 0 Å². The van der Waals surface area contributed by atoms with Crippen molar-refractivity contribution in [3.8, 4) is 0 Å². The number of rotatable bonds is 2. The van der Waals surface area contributed by atoms with Crippen LogP contribution in [0, 0.1) is 17.8 Å². The number of H-pyrrole nitrogens is 1. The Morgan fingerprint density at radius 1 is 1.11 bits per heavy atom. The monoisotopic (exact) mass is 237 g/mol. The van der Waals surface area contributed by atoms with Crippen LogP contribution >= 0.6 is 0 Å². The molecular formula is C17H19N. The highest BCUT2D eigenvalue weighted by molar-refractivity contribution is 5.83. The number of benzene rings is 1. The zero-order chi connectivity index (χ0) is 11.9. The minimum absolute atomic E-state index is 0.837. The van der Waals surface area contributed by atoms with E-state index in [2.05, 4.69) is 47.6 Å². The molecule has 2 aromatic rings. The second-order valence-corrected chi connectivity index (χ2v) is 5.95. The molecule has 0 amide bonds.